The highest BCUT2D eigenvalue weighted by Crippen LogP contribution is 2.36. The summed E-state index contributed by atoms with van der Waals surface area (Å²) in [6, 6.07) is 12.4. The summed E-state index contributed by atoms with van der Waals surface area (Å²) in [5, 5.41) is 9.07. The van der Waals surface area contributed by atoms with E-state index in [9.17, 15) is 14.4 Å². The second kappa shape index (κ2) is 13.3. The van der Waals surface area contributed by atoms with Gasteiger partial charge >= 0.3 is 11.8 Å². The van der Waals surface area contributed by atoms with Crippen LogP contribution >= 0.6 is 15.9 Å². The van der Waals surface area contributed by atoms with Crippen LogP contribution in [0.3, 0.4) is 0 Å². The Labute approximate surface area is 222 Å². The first-order valence-corrected chi connectivity index (χ1v) is 12.2. The van der Waals surface area contributed by atoms with Crippen LogP contribution in [0.15, 0.2) is 62.7 Å². The Kier molecular flexibility index (Phi) is 9.84. The summed E-state index contributed by atoms with van der Waals surface area (Å²) in [7, 11) is 0. The fraction of sp³-hybridized carbons (Fsp3) is 0.231. The number of benzene rings is 2. The lowest BCUT2D eigenvalue weighted by Crippen LogP contribution is -2.37. The van der Waals surface area contributed by atoms with Crippen molar-refractivity contribution in [3.05, 3.63) is 75.7 Å². The first kappa shape index (κ1) is 27.5. The van der Waals surface area contributed by atoms with E-state index in [1.54, 1.807) is 24.3 Å². The number of hydrogen-bond donors (Lipinski definition) is 3. The monoisotopic (exact) mass is 570 g/mol. The Morgan fingerprint density at radius 3 is 2.49 bits per heavy atom. The molecule has 0 atom stereocenters. The van der Waals surface area contributed by atoms with E-state index in [2.05, 4.69) is 37.1 Å². The molecule has 3 aromatic rings. The zero-order valence-electron chi connectivity index (χ0n) is 20.6. The molecule has 1 heterocycles. The molecule has 0 aliphatic carbocycles. The second-order valence-electron chi connectivity index (χ2n) is 7.94. The number of anilines is 1. The molecule has 0 spiro atoms. The first-order valence-electron chi connectivity index (χ1n) is 11.4. The van der Waals surface area contributed by atoms with Crippen LogP contribution in [0.1, 0.15) is 29.4 Å². The highest BCUT2D eigenvalue weighted by Gasteiger charge is 2.15. The van der Waals surface area contributed by atoms with Crippen molar-refractivity contribution in [2.24, 2.45) is 5.10 Å². The lowest BCUT2D eigenvalue weighted by Gasteiger charge is -2.15. The lowest BCUT2D eigenvalue weighted by atomic mass is 10.1. The van der Waals surface area contributed by atoms with Crippen molar-refractivity contribution in [3.63, 3.8) is 0 Å². The number of carbonyl (C=O) groups excluding carboxylic acids is 3. The number of nitrogens with zero attached hydrogens (tertiary/aromatic N) is 1. The van der Waals surface area contributed by atoms with Gasteiger partial charge in [0.1, 0.15) is 5.76 Å². The summed E-state index contributed by atoms with van der Waals surface area (Å²) in [4.78, 5) is 36.3. The summed E-state index contributed by atoms with van der Waals surface area (Å²) >= 11 is 3.43. The van der Waals surface area contributed by atoms with E-state index in [1.165, 1.54) is 12.5 Å². The third-order valence-corrected chi connectivity index (χ3v) is 5.36. The maximum Gasteiger partial charge on any atom is 0.329 e. The number of rotatable bonds is 10. The number of furan rings is 1. The van der Waals surface area contributed by atoms with E-state index in [4.69, 9.17) is 13.9 Å². The largest absolute Gasteiger partial charge is 0.490 e. The van der Waals surface area contributed by atoms with E-state index in [0.717, 1.165) is 11.1 Å². The first-order chi connectivity index (χ1) is 17.7. The number of amides is 3. The Morgan fingerprint density at radius 1 is 1.05 bits per heavy atom. The minimum absolute atomic E-state index is 0.0811. The molecule has 0 radical (unpaired) electrons. The highest BCUT2D eigenvalue weighted by molar-refractivity contribution is 9.10. The third-order valence-electron chi connectivity index (χ3n) is 4.77. The van der Waals surface area contributed by atoms with Gasteiger partial charge in [0.15, 0.2) is 18.1 Å². The Balaban J connectivity index is 1.59. The van der Waals surface area contributed by atoms with Crippen molar-refractivity contribution >= 4 is 45.6 Å². The zero-order valence-corrected chi connectivity index (χ0v) is 22.2. The van der Waals surface area contributed by atoms with Gasteiger partial charge in [0, 0.05) is 5.69 Å². The van der Waals surface area contributed by atoms with E-state index in [1.807, 2.05) is 39.0 Å². The van der Waals surface area contributed by atoms with E-state index in [0.29, 0.717) is 39.6 Å². The average Bonchev–Trinajstić information content (AvgIpc) is 3.35. The molecule has 0 saturated heterocycles. The Hall–Kier alpha value is -4.12. The molecule has 37 heavy (non-hydrogen) atoms. The van der Waals surface area contributed by atoms with Crippen molar-refractivity contribution in [2.45, 2.75) is 27.3 Å². The van der Waals surface area contributed by atoms with Gasteiger partial charge in [0.05, 0.1) is 30.1 Å². The number of hydrazone groups is 1. The average molecular weight is 571 g/mol. The van der Waals surface area contributed by atoms with Crippen LogP contribution in [0, 0.1) is 13.8 Å². The standard InChI is InChI=1S/C26H27BrN4O6/c1-4-35-22-12-18(13-29-31-26(34)25(33)28-14-20-6-5-7-36-20)11-21(27)24(22)37-15-23(32)30-19-9-16(2)8-17(3)10-19/h5-13H,4,14-15H2,1-3H3,(H,28,33)(H,30,32)(H,31,34)/b29-13-. The van der Waals surface area contributed by atoms with Crippen molar-refractivity contribution in [2.75, 3.05) is 18.5 Å². The Morgan fingerprint density at radius 2 is 1.81 bits per heavy atom. The molecule has 0 aliphatic rings. The van der Waals surface area contributed by atoms with Crippen molar-refractivity contribution in [1.82, 2.24) is 10.7 Å². The van der Waals surface area contributed by atoms with Gasteiger partial charge < -0.3 is 24.5 Å². The quantitative estimate of drug-likeness (QED) is 0.193. The van der Waals surface area contributed by atoms with E-state index >= 15 is 0 Å². The minimum Gasteiger partial charge on any atom is -0.490 e. The topological polar surface area (TPSA) is 131 Å². The van der Waals surface area contributed by atoms with Crippen LogP contribution in [-0.2, 0) is 20.9 Å². The molecule has 3 N–H and O–H groups in total. The summed E-state index contributed by atoms with van der Waals surface area (Å²) in [6.07, 6.45) is 2.82. The lowest BCUT2D eigenvalue weighted by molar-refractivity contribution is -0.139. The van der Waals surface area contributed by atoms with Crippen LogP contribution in [-0.4, -0.2) is 37.1 Å². The third kappa shape index (κ3) is 8.50. The van der Waals surface area contributed by atoms with Gasteiger partial charge in [0.25, 0.3) is 5.91 Å². The normalized spacial score (nSPS) is 10.7. The van der Waals surface area contributed by atoms with E-state index in [-0.39, 0.29) is 19.1 Å². The number of hydrogen-bond acceptors (Lipinski definition) is 7. The smallest absolute Gasteiger partial charge is 0.329 e. The summed E-state index contributed by atoms with van der Waals surface area (Å²) in [5.74, 6) is -0.869. The van der Waals surface area contributed by atoms with E-state index < -0.39 is 11.8 Å². The molecular formula is C26H27BrN4O6. The SMILES string of the molecule is CCOc1cc(/C=N\NC(=O)C(=O)NCc2ccco2)cc(Br)c1OCC(=O)Nc1cc(C)cc(C)c1. The van der Waals surface area contributed by atoms with Gasteiger partial charge in [-0.1, -0.05) is 6.07 Å². The zero-order chi connectivity index (χ0) is 26.8. The number of carbonyl (C=O) groups is 3. The molecule has 0 saturated carbocycles. The van der Waals surface area contributed by atoms with Crippen LogP contribution in [0.4, 0.5) is 5.69 Å². The minimum atomic E-state index is -0.929. The van der Waals surface area contributed by atoms with Crippen molar-refractivity contribution < 1.29 is 28.3 Å². The number of ether oxygens (including phenoxy) is 2. The van der Waals surface area contributed by atoms with Gasteiger partial charge in [0.2, 0.25) is 0 Å². The number of aryl methyl sites for hydroxylation is 2. The van der Waals surface area contributed by atoms with Crippen LogP contribution in [0.25, 0.3) is 0 Å². The van der Waals surface area contributed by atoms with Crippen LogP contribution < -0.4 is 25.5 Å². The molecule has 194 valence electrons. The molecule has 11 heteroatoms. The Bertz CT molecular complexity index is 1270. The molecular weight excluding hydrogens is 544 g/mol. The predicted octanol–water partition coefficient (Wildman–Crippen LogP) is 3.84. The van der Waals surface area contributed by atoms with Gasteiger partial charge in [-0.15, -0.1) is 0 Å². The molecule has 10 nitrogen and oxygen atoms in total. The molecule has 3 rings (SSSR count). The van der Waals surface area contributed by atoms with Gasteiger partial charge in [-0.2, -0.15) is 5.10 Å². The fourth-order valence-electron chi connectivity index (χ4n) is 3.32. The molecule has 0 unspecified atom stereocenters. The highest BCUT2D eigenvalue weighted by atomic mass is 79.9. The molecule has 3 amide bonds. The molecule has 0 bridgehead atoms. The predicted molar refractivity (Wildman–Crippen MR) is 142 cm³/mol. The molecule has 1 aromatic heterocycles. The molecule has 2 aromatic carbocycles. The molecule has 0 aliphatic heterocycles. The maximum absolute atomic E-state index is 12.4. The fourth-order valence-corrected chi connectivity index (χ4v) is 3.90. The summed E-state index contributed by atoms with van der Waals surface area (Å²) < 4.78 is 17.0. The number of nitrogens with one attached hydrogen (secondary N) is 3. The second-order valence-corrected chi connectivity index (χ2v) is 8.79. The maximum atomic E-state index is 12.4. The summed E-state index contributed by atoms with van der Waals surface area (Å²) in [6.45, 7) is 5.92. The summed E-state index contributed by atoms with van der Waals surface area (Å²) in [5.41, 5.74) is 5.50. The number of halogens is 1. The van der Waals surface area contributed by atoms with Crippen LogP contribution in [0.5, 0.6) is 11.5 Å². The van der Waals surface area contributed by atoms with Crippen molar-refractivity contribution in [1.29, 1.82) is 0 Å². The van der Waals surface area contributed by atoms with Gasteiger partial charge in [-0.3, -0.25) is 14.4 Å². The van der Waals surface area contributed by atoms with Gasteiger partial charge in [-0.25, -0.2) is 5.43 Å². The van der Waals surface area contributed by atoms with Gasteiger partial charge in [-0.05, 0) is 89.8 Å². The van der Waals surface area contributed by atoms with Crippen molar-refractivity contribution in [3.8, 4) is 11.5 Å². The molecule has 0 fully saturated rings. The van der Waals surface area contributed by atoms with Crippen LogP contribution in [0.2, 0.25) is 0 Å².